The highest BCUT2D eigenvalue weighted by atomic mass is 19.4. The molecule has 24 heteroatoms. The Morgan fingerprint density at radius 1 is 0.857 bits per heavy atom. The maximum Gasteiger partial charge on any atom is 0.426 e. The number of alkyl halides is 6. The molecule has 0 radical (unpaired) electrons. The van der Waals surface area contributed by atoms with Crippen molar-refractivity contribution in [2.24, 2.45) is 0 Å². The summed E-state index contributed by atoms with van der Waals surface area (Å²) < 4.78 is 115. The molecular weight excluding hydrogens is 939 g/mol. The number of pyridine rings is 2. The van der Waals surface area contributed by atoms with Gasteiger partial charge in [0.1, 0.15) is 23.4 Å². The zero-order valence-electron chi connectivity index (χ0n) is 40.4. The van der Waals surface area contributed by atoms with E-state index >= 15 is 0 Å². The van der Waals surface area contributed by atoms with Crippen LogP contribution in [0.1, 0.15) is 117 Å². The second kappa shape index (κ2) is 22.0. The third-order valence-electron chi connectivity index (χ3n) is 9.65. The fourth-order valence-corrected chi connectivity index (χ4v) is 6.21. The van der Waals surface area contributed by atoms with Crippen LogP contribution in [0.4, 0.5) is 47.3 Å². The van der Waals surface area contributed by atoms with Gasteiger partial charge in [-0.05, 0) is 107 Å². The van der Waals surface area contributed by atoms with Crippen molar-refractivity contribution in [3.05, 3.63) is 72.5 Å². The number of halogens is 6. The molecule has 70 heavy (non-hydrogen) atoms. The number of ether oxygens (including phenoxy) is 4. The Morgan fingerprint density at radius 2 is 1.41 bits per heavy atom. The van der Waals surface area contributed by atoms with Gasteiger partial charge in [0.25, 0.3) is 23.6 Å². The predicted molar refractivity (Wildman–Crippen MR) is 242 cm³/mol. The number of nitrogens with one attached hydrogen (secondary N) is 2. The summed E-state index contributed by atoms with van der Waals surface area (Å²) in [6, 6.07) is 3.00. The lowest BCUT2D eigenvalue weighted by Crippen LogP contribution is -2.42. The monoisotopic (exact) mass is 996 g/mol. The van der Waals surface area contributed by atoms with Gasteiger partial charge in [-0.1, -0.05) is 24.3 Å². The van der Waals surface area contributed by atoms with Gasteiger partial charge in [-0.2, -0.15) is 26.3 Å². The fraction of sp³-hybridized carbons (Fsp3) is 0.522. The number of nitrogens with zero attached hydrogens (tertiary/aromatic N) is 6. The van der Waals surface area contributed by atoms with Gasteiger partial charge in [0.05, 0.1) is 11.4 Å². The van der Waals surface area contributed by atoms with E-state index in [9.17, 15) is 46.1 Å². The maximum absolute atomic E-state index is 13.8. The summed E-state index contributed by atoms with van der Waals surface area (Å²) in [7, 11) is 0. The number of rotatable bonds is 11. The molecule has 0 saturated heterocycles. The van der Waals surface area contributed by atoms with Crippen molar-refractivity contribution < 1.29 is 73.9 Å². The first-order valence-corrected chi connectivity index (χ1v) is 21.8. The van der Waals surface area contributed by atoms with Crippen LogP contribution in [0.2, 0.25) is 0 Å². The van der Waals surface area contributed by atoms with Gasteiger partial charge >= 0.3 is 24.5 Å². The average molecular weight is 997 g/mol. The van der Waals surface area contributed by atoms with Gasteiger partial charge < -0.3 is 38.0 Å². The molecular formula is C46H58F6N8O10. The summed E-state index contributed by atoms with van der Waals surface area (Å²) in [5, 5.41) is 40.2. The second-order valence-electron chi connectivity index (χ2n) is 18.3. The molecule has 5 heterocycles. The van der Waals surface area contributed by atoms with Crippen molar-refractivity contribution in [2.75, 3.05) is 10.6 Å². The van der Waals surface area contributed by atoms with Crippen LogP contribution in [-0.2, 0) is 20.7 Å². The lowest BCUT2D eigenvalue weighted by Gasteiger charge is -2.26. The van der Waals surface area contributed by atoms with Crippen LogP contribution in [0.3, 0.4) is 0 Å². The molecule has 5 rings (SSSR count). The summed E-state index contributed by atoms with van der Waals surface area (Å²) >= 11 is 0. The summed E-state index contributed by atoms with van der Waals surface area (Å²) in [5.41, 5.74) is -7.53. The Bertz CT molecular complexity index is 2510. The number of anilines is 2. The largest absolute Gasteiger partial charge is 0.474 e. The number of carbonyl (C=O) groups excluding carboxylic acids is 2. The van der Waals surface area contributed by atoms with E-state index in [0.717, 1.165) is 0 Å². The smallest absolute Gasteiger partial charge is 0.426 e. The van der Waals surface area contributed by atoms with Crippen LogP contribution >= 0.6 is 0 Å². The van der Waals surface area contributed by atoms with Gasteiger partial charge in [-0.15, -0.1) is 33.6 Å². The topological polar surface area (TPSA) is 239 Å². The minimum absolute atomic E-state index is 0.0299. The highest BCUT2D eigenvalue weighted by Gasteiger charge is 2.59. The molecule has 384 valence electrons. The molecule has 4 bridgehead atoms. The Kier molecular flexibility index (Phi) is 17.6. The standard InChI is InChI=1S/C24H31F3N4O5.C22H27F3N4O5/c1-8-10-12-23(33,24(25,26)27)20-31-30-19(35-20)17-16(28-21(32)36-22(5,6)7)13-14(3)18(29-17)34-15(4)11-9-2;1-12-11-14(26-19(30)34-20(3,4)5)15-17-28-29-18(33-17)21(31,22(23,24)25)10-8-6-7-9-13(2)32-16(12)27-15/h8-9,13,15,33H,1-2,10-12H2,3-7H3,(H,28,32);6-7,11,13,31H,8-10H2,1-5H3,(H,26,30)/t15-,23-;13-,21-/m11/s1. The van der Waals surface area contributed by atoms with E-state index in [0.29, 0.717) is 24.0 Å². The fourth-order valence-electron chi connectivity index (χ4n) is 6.21. The minimum atomic E-state index is -5.10. The van der Waals surface area contributed by atoms with Gasteiger partial charge in [0, 0.05) is 24.0 Å². The summed E-state index contributed by atoms with van der Waals surface area (Å²) in [4.78, 5) is 33.5. The van der Waals surface area contributed by atoms with Crippen molar-refractivity contribution in [2.45, 2.75) is 155 Å². The lowest BCUT2D eigenvalue weighted by atomic mass is 9.96. The molecule has 1 aliphatic rings. The maximum atomic E-state index is 13.8. The Labute approximate surface area is 400 Å². The van der Waals surface area contributed by atoms with E-state index in [4.69, 9.17) is 27.8 Å². The molecule has 4 aromatic rings. The average Bonchev–Trinajstić information content (AvgIpc) is 3.91. The Hall–Kier alpha value is -6.56. The SMILES string of the molecule is C=CCC[C@@](O)(c1nnc(-c2nc(O[C@H](C)CC=C)c(C)cc2NC(=O)OC(C)(C)C)o1)C(F)(F)F.Cc1cc(NC(=O)OC(C)(C)C)c2nc1O[C@H](C)CC=CCC[C@](O)(C(F)(F)F)c1nnc-2o1. The van der Waals surface area contributed by atoms with Gasteiger partial charge in [0.2, 0.25) is 23.0 Å². The molecule has 0 spiro atoms. The first kappa shape index (κ1) is 56.0. The number of aromatic nitrogens is 6. The summed E-state index contributed by atoms with van der Waals surface area (Å²) in [5.74, 6) is -2.70. The van der Waals surface area contributed by atoms with Crippen LogP contribution in [0.25, 0.3) is 23.2 Å². The van der Waals surface area contributed by atoms with Crippen LogP contribution in [0, 0.1) is 13.8 Å². The van der Waals surface area contributed by atoms with E-state index in [1.54, 1.807) is 81.4 Å². The van der Waals surface area contributed by atoms with Crippen molar-refractivity contribution in [3.8, 4) is 34.9 Å². The van der Waals surface area contributed by atoms with Gasteiger partial charge in [0.15, 0.2) is 11.4 Å². The van der Waals surface area contributed by atoms with E-state index in [-0.39, 0.29) is 59.6 Å². The van der Waals surface area contributed by atoms with Crippen LogP contribution in [0.5, 0.6) is 11.8 Å². The van der Waals surface area contributed by atoms with E-state index in [1.807, 2.05) is 0 Å². The molecule has 2 amide bonds. The van der Waals surface area contributed by atoms with E-state index in [2.05, 4.69) is 54.2 Å². The molecule has 0 fully saturated rings. The lowest BCUT2D eigenvalue weighted by molar-refractivity contribution is -0.276. The molecule has 4 aromatic heterocycles. The van der Waals surface area contributed by atoms with Crippen molar-refractivity contribution in [1.82, 2.24) is 30.4 Å². The molecule has 0 aliphatic carbocycles. The molecule has 1 aliphatic heterocycles. The zero-order chi connectivity index (χ0) is 52.6. The zero-order valence-corrected chi connectivity index (χ0v) is 40.4. The number of amides is 2. The summed E-state index contributed by atoms with van der Waals surface area (Å²) in [6.45, 7) is 24.0. The number of hydrogen-bond donors (Lipinski definition) is 4. The molecule has 18 nitrogen and oxygen atoms in total. The molecule has 0 unspecified atom stereocenters. The van der Waals surface area contributed by atoms with Crippen LogP contribution in [-0.4, -0.2) is 88.5 Å². The molecule has 0 saturated carbocycles. The van der Waals surface area contributed by atoms with Crippen molar-refractivity contribution in [3.63, 3.8) is 0 Å². The highest BCUT2D eigenvalue weighted by molar-refractivity contribution is 5.90. The van der Waals surface area contributed by atoms with Gasteiger partial charge in [-0.25, -0.2) is 19.6 Å². The van der Waals surface area contributed by atoms with Crippen molar-refractivity contribution >= 4 is 23.6 Å². The summed E-state index contributed by atoms with van der Waals surface area (Å²) in [6.07, 6.45) is -7.28. The number of fused-ring (bicyclic) bond motifs is 5. The molecule has 4 atom stereocenters. The van der Waals surface area contributed by atoms with E-state index in [1.165, 1.54) is 24.3 Å². The quantitative estimate of drug-likeness (QED) is 0.0807. The first-order chi connectivity index (χ1) is 32.3. The van der Waals surface area contributed by atoms with E-state index < -0.39 is 83.3 Å². The Balaban J connectivity index is 0.000000305. The molecule has 4 N–H and O–H groups in total. The normalized spacial score (nSPS) is 17.8. The number of aryl methyl sites for hydroxylation is 2. The third kappa shape index (κ3) is 14.5. The highest BCUT2D eigenvalue weighted by Crippen LogP contribution is 2.45. The van der Waals surface area contributed by atoms with Crippen LogP contribution in [0.15, 0.2) is 58.4 Å². The number of carbonyl (C=O) groups is 2. The predicted octanol–water partition coefficient (Wildman–Crippen LogP) is 10.9. The number of allylic oxidation sites excluding steroid dienone is 2. The van der Waals surface area contributed by atoms with Crippen LogP contribution < -0.4 is 20.1 Å². The van der Waals surface area contributed by atoms with Gasteiger partial charge in [-0.3, -0.25) is 10.6 Å². The number of aliphatic hydroxyl groups is 2. The van der Waals surface area contributed by atoms with Crippen molar-refractivity contribution in [1.29, 1.82) is 0 Å². The molecule has 0 aromatic carbocycles. The second-order valence-corrected chi connectivity index (χ2v) is 18.3. The first-order valence-electron chi connectivity index (χ1n) is 21.8. The third-order valence-corrected chi connectivity index (χ3v) is 9.65. The minimum Gasteiger partial charge on any atom is -0.474 e. The number of hydrogen-bond acceptors (Lipinski definition) is 16. The Morgan fingerprint density at radius 3 is 1.96 bits per heavy atom.